The molecule has 0 aromatic carbocycles. The summed E-state index contributed by atoms with van der Waals surface area (Å²) in [6.07, 6.45) is -7.75. The van der Waals surface area contributed by atoms with E-state index in [1.807, 2.05) is 0 Å². The van der Waals surface area contributed by atoms with Gasteiger partial charge in [0.2, 0.25) is 18.7 Å². The Labute approximate surface area is 110 Å². The fraction of sp³-hybridized carbons (Fsp3) is 0. The summed E-state index contributed by atoms with van der Waals surface area (Å²) >= 11 is 0. The minimum Gasteiger partial charge on any atom is -0.520 e. The molecular formula is C3EuF3O6. The molecule has 0 unspecified atom stereocenters. The molecule has 0 spiro atoms. The Morgan fingerprint density at radius 2 is 0.692 bits per heavy atom. The zero-order valence-corrected chi connectivity index (χ0v) is 7.89. The van der Waals surface area contributed by atoms with Gasteiger partial charge in [0, 0.05) is 0 Å². The summed E-state index contributed by atoms with van der Waals surface area (Å²) in [4.78, 5) is 24.7. The molecule has 0 radical (unpaired) electrons. The van der Waals surface area contributed by atoms with E-state index in [1.54, 1.807) is 0 Å². The van der Waals surface area contributed by atoms with E-state index in [0.29, 0.717) is 0 Å². The molecule has 0 bridgehead atoms. The Balaban J connectivity index is -0.0000000450. The van der Waals surface area contributed by atoms with Gasteiger partial charge >= 0.3 is 49.4 Å². The first kappa shape index (κ1) is 23.0. The minimum absolute atomic E-state index is 0. The maximum atomic E-state index is 9.81. The van der Waals surface area contributed by atoms with E-state index >= 15 is 0 Å². The average Bonchev–Trinajstić information content (AvgIpc) is 1.54. The van der Waals surface area contributed by atoms with Crippen molar-refractivity contribution < 1.29 is 92.3 Å². The molecule has 0 aromatic rings. The van der Waals surface area contributed by atoms with Crippen LogP contribution in [-0.4, -0.2) is 18.7 Å². The molecule has 6 nitrogen and oxygen atoms in total. The summed E-state index contributed by atoms with van der Waals surface area (Å²) in [6, 6.07) is 0. The first-order chi connectivity index (χ1) is 5.20. The van der Waals surface area contributed by atoms with Crippen LogP contribution in [0.25, 0.3) is 0 Å². The van der Waals surface area contributed by atoms with E-state index < -0.39 is 18.7 Å². The monoisotopic (exact) mass is 342 g/mol. The number of carbonyl (C=O) groups excluding carboxylic acids is 3. The van der Waals surface area contributed by atoms with Crippen LogP contribution in [0.4, 0.5) is 27.6 Å². The number of carboxylic acid groups (broad SMARTS) is 3. The second-order valence-electron chi connectivity index (χ2n) is 0.713. The smallest absolute Gasteiger partial charge is 0.520 e. The number of hydrogen-bond donors (Lipinski definition) is 0. The first-order valence-corrected chi connectivity index (χ1v) is 1.79. The van der Waals surface area contributed by atoms with Gasteiger partial charge in [-0.15, -0.1) is 0 Å². The molecule has 0 saturated carbocycles. The van der Waals surface area contributed by atoms with Gasteiger partial charge in [0.1, 0.15) is 0 Å². The van der Waals surface area contributed by atoms with E-state index in [9.17, 15) is 13.2 Å². The average molecular weight is 341 g/mol. The number of rotatable bonds is 0. The molecule has 0 N–H and O–H groups in total. The van der Waals surface area contributed by atoms with Crippen molar-refractivity contribution in [3.8, 4) is 0 Å². The van der Waals surface area contributed by atoms with Crippen LogP contribution in [0.1, 0.15) is 0 Å². The molecule has 0 fully saturated rings. The number of halogens is 3. The summed E-state index contributed by atoms with van der Waals surface area (Å²) in [5.41, 5.74) is 0. The van der Waals surface area contributed by atoms with E-state index in [0.717, 1.165) is 0 Å². The molecule has 0 rings (SSSR count). The molecule has 76 valence electrons. The molecule has 0 aromatic heterocycles. The zero-order chi connectivity index (χ0) is 10.7. The van der Waals surface area contributed by atoms with E-state index in [1.165, 1.54) is 0 Å². The third kappa shape index (κ3) is 24300. The van der Waals surface area contributed by atoms with Crippen molar-refractivity contribution in [1.29, 1.82) is 0 Å². The van der Waals surface area contributed by atoms with Gasteiger partial charge in [0.15, 0.2) is 0 Å². The quantitative estimate of drug-likeness (QED) is 0.466. The van der Waals surface area contributed by atoms with Gasteiger partial charge in [-0.25, -0.2) is 0 Å². The number of hydrogen-bond acceptors (Lipinski definition) is 6. The molecule has 10 heteroatoms. The maximum absolute atomic E-state index is 9.81. The topological polar surface area (TPSA) is 120 Å². The van der Waals surface area contributed by atoms with Crippen molar-refractivity contribution in [1.82, 2.24) is 0 Å². The standard InChI is InChI=1S/3CHFO2.Eu/c3*2-1(3)4;/h3*(H,3,4);/q;;;+3/p-3. The maximum Gasteiger partial charge on any atom is 3.00 e. The predicted octanol–water partition coefficient (Wildman–Crippen LogP) is -2.10. The second kappa shape index (κ2) is 17.8. The Hall–Kier alpha value is -0.216. The van der Waals surface area contributed by atoms with Crippen molar-refractivity contribution in [2.24, 2.45) is 0 Å². The van der Waals surface area contributed by atoms with E-state index in [2.05, 4.69) is 0 Å². The van der Waals surface area contributed by atoms with E-state index in [-0.39, 0.29) is 49.4 Å². The van der Waals surface area contributed by atoms with Crippen molar-refractivity contribution in [3.05, 3.63) is 0 Å². The van der Waals surface area contributed by atoms with Gasteiger partial charge < -0.3 is 29.7 Å². The van der Waals surface area contributed by atoms with Gasteiger partial charge in [-0.3, -0.25) is 0 Å². The molecule has 0 heterocycles. The SMILES string of the molecule is O=C([O-])F.O=C([O-])F.O=C([O-])F.[Eu+3]. The fourth-order valence-electron chi connectivity index (χ4n) is 0. The van der Waals surface area contributed by atoms with Crippen molar-refractivity contribution in [2.75, 3.05) is 0 Å². The summed E-state index contributed by atoms with van der Waals surface area (Å²) in [7, 11) is 0. The predicted molar refractivity (Wildman–Crippen MR) is 19.5 cm³/mol. The van der Waals surface area contributed by atoms with Crippen LogP contribution in [0.2, 0.25) is 0 Å². The van der Waals surface area contributed by atoms with Crippen molar-refractivity contribution in [2.45, 2.75) is 0 Å². The Kier molecular flexibility index (Phi) is 31.4. The van der Waals surface area contributed by atoms with Crippen LogP contribution >= 0.6 is 0 Å². The molecule has 13 heavy (non-hydrogen) atoms. The Morgan fingerprint density at radius 3 is 0.692 bits per heavy atom. The van der Waals surface area contributed by atoms with Crippen molar-refractivity contribution >= 4 is 18.7 Å². The second-order valence-corrected chi connectivity index (χ2v) is 0.713. The van der Waals surface area contributed by atoms with Crippen LogP contribution in [0, 0.1) is 49.4 Å². The molecule has 0 aliphatic heterocycles. The van der Waals surface area contributed by atoms with Gasteiger partial charge in [-0.05, 0) is 0 Å². The third-order valence-electron chi connectivity index (χ3n) is 0. The van der Waals surface area contributed by atoms with Crippen molar-refractivity contribution in [3.63, 3.8) is 0 Å². The van der Waals surface area contributed by atoms with Crippen LogP contribution in [0.15, 0.2) is 0 Å². The molecule has 0 amide bonds. The largest absolute Gasteiger partial charge is 3.00 e. The molecule has 0 aliphatic rings. The Bertz CT molecular complexity index is 121. The number of carbonyl (C=O) groups is 3. The first-order valence-electron chi connectivity index (χ1n) is 1.79. The zero-order valence-electron chi connectivity index (χ0n) is 5.46. The van der Waals surface area contributed by atoms with E-state index in [4.69, 9.17) is 29.7 Å². The van der Waals surface area contributed by atoms with Crippen LogP contribution in [0.3, 0.4) is 0 Å². The van der Waals surface area contributed by atoms with Gasteiger partial charge in [0.25, 0.3) is 0 Å². The van der Waals surface area contributed by atoms with Gasteiger partial charge in [-0.1, -0.05) is 0 Å². The molecule has 0 saturated heterocycles. The summed E-state index contributed by atoms with van der Waals surface area (Å²) in [6.45, 7) is 0. The van der Waals surface area contributed by atoms with Crippen LogP contribution in [-0.2, 0) is 0 Å². The molecule has 0 aliphatic carbocycles. The minimum atomic E-state index is -2.58. The summed E-state index contributed by atoms with van der Waals surface area (Å²) in [5.74, 6) is 0. The molecular weight excluding hydrogens is 341 g/mol. The Morgan fingerprint density at radius 1 is 0.692 bits per heavy atom. The normalized spacial score (nSPS) is 5.77. The van der Waals surface area contributed by atoms with Crippen LogP contribution < -0.4 is 15.3 Å². The summed E-state index contributed by atoms with van der Waals surface area (Å²) in [5, 5.41) is 24.7. The van der Waals surface area contributed by atoms with Gasteiger partial charge in [-0.2, -0.15) is 13.2 Å². The van der Waals surface area contributed by atoms with Crippen LogP contribution in [0.5, 0.6) is 0 Å². The third-order valence-corrected chi connectivity index (χ3v) is 0. The van der Waals surface area contributed by atoms with Gasteiger partial charge in [0.05, 0.1) is 0 Å². The summed E-state index contributed by atoms with van der Waals surface area (Å²) < 4.78 is 29.4. The fourth-order valence-corrected chi connectivity index (χ4v) is 0. The molecule has 0 atom stereocenters.